The van der Waals surface area contributed by atoms with Crippen molar-refractivity contribution in [1.82, 2.24) is 20.8 Å². The smallest absolute Gasteiger partial charge is 0.538 e. The number of rotatable bonds is 10. The maximum absolute atomic E-state index is 12.1. The lowest BCUT2D eigenvalue weighted by atomic mass is 10.1. The van der Waals surface area contributed by atoms with E-state index in [0.717, 1.165) is 0 Å². The molecule has 1 rings (SSSR count). The first-order chi connectivity index (χ1) is 12.5. The highest BCUT2D eigenvalue weighted by Crippen LogP contribution is 2.20. The van der Waals surface area contributed by atoms with E-state index >= 15 is 0 Å². The van der Waals surface area contributed by atoms with Crippen LogP contribution >= 0.6 is 0 Å². The number of carbonyl (C=O) groups excluding carboxylic acids is 3. The summed E-state index contributed by atoms with van der Waals surface area (Å²) in [4.78, 5) is 38.4. The largest absolute Gasteiger partial charge is 0.563 e. The van der Waals surface area contributed by atoms with Crippen molar-refractivity contribution in [3.63, 3.8) is 0 Å². The molecule has 152 valence electrons. The summed E-state index contributed by atoms with van der Waals surface area (Å²) in [6, 6.07) is -3.63. The van der Waals surface area contributed by atoms with E-state index in [4.69, 9.17) is 21.1 Å². The van der Waals surface area contributed by atoms with Crippen LogP contribution in [0.1, 0.15) is 57.4 Å². The Balaban J connectivity index is 2.83. The van der Waals surface area contributed by atoms with Crippen molar-refractivity contribution < 1.29 is 29.1 Å². The molecule has 1 heterocycles. The van der Waals surface area contributed by atoms with Crippen molar-refractivity contribution >= 4 is 17.9 Å². The Morgan fingerprint density at radius 1 is 1.26 bits per heavy atom. The van der Waals surface area contributed by atoms with Crippen LogP contribution in [0.5, 0.6) is 0 Å². The number of primary amides is 1. The first kappa shape index (κ1) is 22.3. The lowest BCUT2D eigenvalue weighted by Crippen LogP contribution is -2.48. The molecule has 4 atom stereocenters. The molecule has 0 saturated carbocycles. The van der Waals surface area contributed by atoms with Crippen LogP contribution in [0.25, 0.3) is 0 Å². The minimum Gasteiger partial charge on any atom is -0.563 e. The van der Waals surface area contributed by atoms with Gasteiger partial charge in [0.25, 0.3) is 5.89 Å². The van der Waals surface area contributed by atoms with Crippen molar-refractivity contribution in [2.75, 3.05) is 0 Å². The lowest BCUT2D eigenvalue weighted by Gasteiger charge is -2.19. The number of carbonyl (C=O) groups is 3. The van der Waals surface area contributed by atoms with E-state index in [-0.39, 0.29) is 30.5 Å². The molecule has 1 aromatic heterocycles. The van der Waals surface area contributed by atoms with Crippen LogP contribution in [-0.4, -0.2) is 50.4 Å². The van der Waals surface area contributed by atoms with Crippen molar-refractivity contribution in [2.24, 2.45) is 17.4 Å². The quantitative estimate of drug-likeness (QED) is 0.292. The lowest BCUT2D eigenvalue weighted by molar-refractivity contribution is -0.139. The van der Waals surface area contributed by atoms with Gasteiger partial charge < -0.3 is 36.8 Å². The van der Waals surface area contributed by atoms with Crippen LogP contribution in [0, 0.1) is 5.92 Å². The van der Waals surface area contributed by atoms with Crippen LogP contribution in [0.4, 0.5) is 4.79 Å². The molecule has 0 aliphatic heterocycles. The molecule has 0 saturated heterocycles. The number of amides is 3. The van der Waals surface area contributed by atoms with Gasteiger partial charge >= 0.3 is 12.0 Å². The van der Waals surface area contributed by atoms with Crippen LogP contribution in [0.2, 0.25) is 0 Å². The summed E-state index contributed by atoms with van der Waals surface area (Å²) in [5.41, 5.74) is 10.9. The zero-order valence-corrected chi connectivity index (χ0v) is 15.4. The molecule has 1 aromatic rings. The zero-order valence-electron chi connectivity index (χ0n) is 15.4. The highest BCUT2D eigenvalue weighted by atomic mass is 16.5. The van der Waals surface area contributed by atoms with E-state index in [2.05, 4.69) is 20.8 Å². The van der Waals surface area contributed by atoms with Crippen molar-refractivity contribution in [3.05, 3.63) is 11.7 Å². The molecule has 12 heteroatoms. The molecule has 0 aliphatic rings. The Bertz CT molecular complexity index is 661. The average Bonchev–Trinajstić information content (AvgIpc) is 3.04. The molecule has 0 bridgehead atoms. The van der Waals surface area contributed by atoms with Gasteiger partial charge in [0, 0.05) is 11.2 Å². The number of aliphatic hydroxyl groups excluding tert-OH is 1. The molecule has 0 fully saturated rings. The molecule has 1 unspecified atom stereocenters. The van der Waals surface area contributed by atoms with Gasteiger partial charge in [-0.1, -0.05) is 19.0 Å². The predicted octanol–water partition coefficient (Wildman–Crippen LogP) is -1.67. The molecule has 27 heavy (non-hydrogen) atoms. The number of nitrogens with one attached hydrogen (secondary N) is 2. The van der Waals surface area contributed by atoms with Crippen molar-refractivity contribution in [3.8, 4) is 0 Å². The van der Waals surface area contributed by atoms with Gasteiger partial charge in [-0.2, -0.15) is 4.98 Å². The highest BCUT2D eigenvalue weighted by Gasteiger charge is 2.31. The fourth-order valence-electron chi connectivity index (χ4n) is 2.09. The Morgan fingerprint density at radius 2 is 1.89 bits per heavy atom. The number of hydrogen-bond donors (Lipinski definition) is 5. The summed E-state index contributed by atoms with van der Waals surface area (Å²) in [5, 5.41) is 25.5. The number of nitrogens with zero attached hydrogens (tertiary/aromatic N) is 2. The van der Waals surface area contributed by atoms with Crippen LogP contribution in [-0.2, 0) is 9.59 Å². The van der Waals surface area contributed by atoms with E-state index in [1.54, 1.807) is 0 Å². The molecule has 0 radical (unpaired) electrons. The van der Waals surface area contributed by atoms with Gasteiger partial charge in [0.1, 0.15) is 6.04 Å². The fraction of sp³-hybridized carbons (Fsp3) is 0.667. The van der Waals surface area contributed by atoms with E-state index in [1.165, 1.54) is 6.92 Å². The summed E-state index contributed by atoms with van der Waals surface area (Å²) in [5.74, 6) is -1.52. The molecular formula is C15H27N6O6+. The minimum absolute atomic E-state index is 0.0470. The topological polar surface area (TPSA) is 209 Å². The Hall–Kier alpha value is -2.73. The van der Waals surface area contributed by atoms with Gasteiger partial charge in [-0.05, 0) is 19.3 Å². The molecule has 0 spiro atoms. The second-order valence-corrected chi connectivity index (χ2v) is 6.52. The van der Waals surface area contributed by atoms with Gasteiger partial charge in [-0.15, -0.1) is 0 Å². The normalized spacial score (nSPS) is 15.6. The highest BCUT2D eigenvalue weighted by molar-refractivity contribution is 5.83. The number of urea groups is 1. The monoisotopic (exact) mass is 387 g/mol. The third-order valence-corrected chi connectivity index (χ3v) is 3.81. The fourth-order valence-corrected chi connectivity index (χ4v) is 2.09. The van der Waals surface area contributed by atoms with Gasteiger partial charge in [0.05, 0.1) is 12.1 Å². The third kappa shape index (κ3) is 6.83. The molecule has 3 amide bonds. The molecule has 12 nitrogen and oxygen atoms in total. The minimum atomic E-state index is -1.22. The summed E-state index contributed by atoms with van der Waals surface area (Å²) in [6.45, 7) is 5.16. The first-order valence-corrected chi connectivity index (χ1v) is 8.40. The van der Waals surface area contributed by atoms with Crippen LogP contribution in [0.3, 0.4) is 0 Å². The number of hydrogen-bond acceptors (Lipinski definition) is 8. The number of nitrogens with two attached hydrogens (primary N) is 2. The second kappa shape index (κ2) is 9.83. The Labute approximate surface area is 155 Å². The summed E-state index contributed by atoms with van der Waals surface area (Å²) in [6.07, 6.45) is -1.39. The molecule has 0 aliphatic carbocycles. The molecular weight excluding hydrogens is 360 g/mol. The number of aromatic nitrogens is 2. The second-order valence-electron chi connectivity index (χ2n) is 6.52. The van der Waals surface area contributed by atoms with E-state index < -0.39 is 42.1 Å². The SMILES string of the molecule is CC(C)[C@H](N)c1noc([C@@H](NC(=O)N[C@@H](CCC(N)=O)C(=O)[OH2+])C(C)O)n1. The van der Waals surface area contributed by atoms with E-state index in [1.807, 2.05) is 13.8 Å². The van der Waals surface area contributed by atoms with Gasteiger partial charge in [-0.3, -0.25) is 4.79 Å². The summed E-state index contributed by atoms with van der Waals surface area (Å²) < 4.78 is 5.08. The summed E-state index contributed by atoms with van der Waals surface area (Å²) >= 11 is 0. The predicted molar refractivity (Wildman–Crippen MR) is 93.0 cm³/mol. The van der Waals surface area contributed by atoms with E-state index in [9.17, 15) is 19.5 Å². The molecule has 9 N–H and O–H groups in total. The van der Waals surface area contributed by atoms with Crippen molar-refractivity contribution in [2.45, 2.75) is 57.8 Å². The first-order valence-electron chi connectivity index (χ1n) is 8.40. The number of aliphatic hydroxyl groups is 1. The van der Waals surface area contributed by atoms with E-state index in [0.29, 0.717) is 0 Å². The maximum atomic E-state index is 12.1. The van der Waals surface area contributed by atoms with Gasteiger partial charge in [-0.25, -0.2) is 4.79 Å². The maximum Gasteiger partial charge on any atom is 0.538 e. The Kier molecular flexibility index (Phi) is 8.12. The van der Waals surface area contributed by atoms with Crippen LogP contribution in [0.15, 0.2) is 4.52 Å². The van der Waals surface area contributed by atoms with Crippen molar-refractivity contribution in [1.29, 1.82) is 0 Å². The Morgan fingerprint density at radius 3 is 2.37 bits per heavy atom. The van der Waals surface area contributed by atoms with Gasteiger partial charge in [0.2, 0.25) is 5.91 Å². The zero-order chi connectivity index (χ0) is 20.7. The summed E-state index contributed by atoms with van der Waals surface area (Å²) in [7, 11) is 0. The molecule has 0 aromatic carbocycles. The standard InChI is InChI=1S/C15H26N6O6/c1-6(2)10(17)12-20-13(27-21-12)11(7(3)22)19-15(26)18-8(14(24)25)4-5-9(16)23/h6-8,10-11,22H,4-5,17H2,1-3H3,(H2,16,23)(H,24,25)(H2,18,19,26)/p+1/t7?,8-,10-,11-/m0/s1. The average molecular weight is 387 g/mol. The third-order valence-electron chi connectivity index (χ3n) is 3.81. The van der Waals surface area contributed by atoms with Crippen LogP contribution < -0.4 is 22.1 Å². The van der Waals surface area contributed by atoms with Gasteiger partial charge in [0.15, 0.2) is 11.9 Å².